The third-order valence-corrected chi connectivity index (χ3v) is 8.95. The standard InChI is InChI=1S/C28H34N4O4S/c1-18-6-8-22(36-17-20-10-13-31(20)3)16-24(18)27(33)30-28(11-12-28)25-14-21(32(4)37(5,34)35)15-26-23(25)9-7-19(2)29-26/h6-9,14-16,20H,10-13,17H2,1-5H3,(H,30,33). The number of nitrogens with zero attached hydrogens (tertiary/aromatic N) is 3. The molecule has 0 spiro atoms. The van der Waals surface area contributed by atoms with Gasteiger partial charge in [-0.25, -0.2) is 8.42 Å². The van der Waals surface area contributed by atoms with Gasteiger partial charge in [0.25, 0.3) is 5.91 Å². The van der Waals surface area contributed by atoms with Crippen molar-refractivity contribution >= 4 is 32.5 Å². The third kappa shape index (κ3) is 5.02. The molecular formula is C28H34N4O4S. The fourth-order valence-corrected chi connectivity index (χ4v) is 5.36. The first-order valence-corrected chi connectivity index (χ1v) is 14.4. The molecule has 1 aliphatic carbocycles. The maximum atomic E-state index is 13.6. The minimum atomic E-state index is -3.46. The summed E-state index contributed by atoms with van der Waals surface area (Å²) in [7, 11) is 0.155. The number of pyridine rings is 1. The number of ether oxygens (including phenoxy) is 1. The molecule has 0 bridgehead atoms. The molecule has 1 aliphatic heterocycles. The predicted molar refractivity (Wildman–Crippen MR) is 146 cm³/mol. The summed E-state index contributed by atoms with van der Waals surface area (Å²) in [6, 6.07) is 13.6. The smallest absolute Gasteiger partial charge is 0.252 e. The van der Waals surface area contributed by atoms with Gasteiger partial charge in [-0.2, -0.15) is 0 Å². The van der Waals surface area contributed by atoms with Gasteiger partial charge in [0.1, 0.15) is 12.4 Å². The Balaban J connectivity index is 1.46. The number of benzene rings is 2. The van der Waals surface area contributed by atoms with Crippen LogP contribution < -0.4 is 14.4 Å². The number of carbonyl (C=O) groups is 1. The first-order chi connectivity index (χ1) is 17.5. The zero-order valence-electron chi connectivity index (χ0n) is 22.0. The van der Waals surface area contributed by atoms with Crippen molar-refractivity contribution in [2.75, 3.05) is 37.8 Å². The molecule has 1 aromatic heterocycles. The number of carbonyl (C=O) groups excluding carboxylic acids is 1. The van der Waals surface area contributed by atoms with Gasteiger partial charge in [0.15, 0.2) is 0 Å². The average molecular weight is 523 g/mol. The van der Waals surface area contributed by atoms with Gasteiger partial charge in [-0.3, -0.25) is 19.0 Å². The van der Waals surface area contributed by atoms with E-state index in [2.05, 4.69) is 22.2 Å². The van der Waals surface area contributed by atoms with Crippen molar-refractivity contribution in [3.63, 3.8) is 0 Å². The van der Waals surface area contributed by atoms with E-state index in [-0.39, 0.29) is 5.91 Å². The number of likely N-dealkylation sites (N-methyl/N-ethyl adjacent to an activating group) is 1. The van der Waals surface area contributed by atoms with E-state index in [1.807, 2.05) is 50.2 Å². The molecule has 8 nitrogen and oxygen atoms in total. The van der Waals surface area contributed by atoms with E-state index in [1.54, 1.807) is 6.07 Å². The molecular weight excluding hydrogens is 488 g/mol. The van der Waals surface area contributed by atoms with Crippen LogP contribution in [-0.2, 0) is 15.6 Å². The first-order valence-electron chi connectivity index (χ1n) is 12.6. The highest BCUT2D eigenvalue weighted by atomic mass is 32.2. The highest BCUT2D eigenvalue weighted by molar-refractivity contribution is 7.92. The number of fused-ring (bicyclic) bond motifs is 1. The molecule has 3 aromatic rings. The van der Waals surface area contributed by atoms with Gasteiger partial charge in [0.2, 0.25) is 10.0 Å². The molecule has 9 heteroatoms. The fourth-order valence-electron chi connectivity index (χ4n) is 4.87. The van der Waals surface area contributed by atoms with E-state index in [4.69, 9.17) is 4.74 Å². The Bertz CT molecular complexity index is 1480. The molecule has 1 N–H and O–H groups in total. The van der Waals surface area contributed by atoms with E-state index in [0.717, 1.165) is 48.0 Å². The summed E-state index contributed by atoms with van der Waals surface area (Å²) >= 11 is 0. The van der Waals surface area contributed by atoms with Crippen LogP contribution in [0.3, 0.4) is 0 Å². The number of aryl methyl sites for hydroxylation is 2. The second-order valence-electron chi connectivity index (χ2n) is 10.5. The molecule has 5 rings (SSSR count). The molecule has 1 saturated heterocycles. The van der Waals surface area contributed by atoms with Crippen LogP contribution in [0.2, 0.25) is 0 Å². The Kier molecular flexibility index (Phi) is 6.40. The monoisotopic (exact) mass is 522 g/mol. The van der Waals surface area contributed by atoms with Crippen LogP contribution >= 0.6 is 0 Å². The fraction of sp³-hybridized carbons (Fsp3) is 0.429. The molecule has 0 radical (unpaired) electrons. The van der Waals surface area contributed by atoms with Crippen LogP contribution in [0.15, 0.2) is 42.5 Å². The minimum Gasteiger partial charge on any atom is -0.492 e. The number of hydrogen-bond donors (Lipinski definition) is 1. The van der Waals surface area contributed by atoms with Crippen molar-refractivity contribution in [3.05, 3.63) is 64.8 Å². The van der Waals surface area contributed by atoms with Gasteiger partial charge >= 0.3 is 0 Å². The molecule has 1 atom stereocenters. The zero-order valence-corrected chi connectivity index (χ0v) is 22.9. The summed E-state index contributed by atoms with van der Waals surface area (Å²) in [5, 5.41) is 4.19. The normalized spacial score (nSPS) is 18.8. The molecule has 37 heavy (non-hydrogen) atoms. The second kappa shape index (κ2) is 9.29. The van der Waals surface area contributed by atoms with Gasteiger partial charge in [-0.05, 0) is 88.2 Å². The molecule has 1 saturated carbocycles. The van der Waals surface area contributed by atoms with Crippen LogP contribution in [0.5, 0.6) is 5.75 Å². The molecule has 2 heterocycles. The lowest BCUT2D eigenvalue weighted by Gasteiger charge is -2.37. The first kappa shape index (κ1) is 25.5. The van der Waals surface area contributed by atoms with Crippen molar-refractivity contribution in [2.24, 2.45) is 0 Å². The van der Waals surface area contributed by atoms with Crippen molar-refractivity contribution < 1.29 is 17.9 Å². The Hall–Kier alpha value is -3.17. The summed E-state index contributed by atoms with van der Waals surface area (Å²) in [6.45, 7) is 5.51. The quantitative estimate of drug-likeness (QED) is 0.485. The number of hydrogen-bond acceptors (Lipinski definition) is 6. The largest absolute Gasteiger partial charge is 0.492 e. The molecule has 2 aliphatic rings. The van der Waals surface area contributed by atoms with Crippen LogP contribution in [-0.4, -0.2) is 63.8 Å². The SMILES string of the molecule is Cc1ccc2c(C3(NC(=O)c4cc(OCC5CCN5C)ccc4C)CC3)cc(N(C)S(C)(=O)=O)cc2n1. The predicted octanol–water partition coefficient (Wildman–Crippen LogP) is 3.75. The number of rotatable bonds is 8. The van der Waals surface area contributed by atoms with Gasteiger partial charge in [-0.1, -0.05) is 12.1 Å². The summed E-state index contributed by atoms with van der Waals surface area (Å²) in [6.07, 6.45) is 3.82. The maximum absolute atomic E-state index is 13.6. The number of sulfonamides is 1. The lowest BCUT2D eigenvalue weighted by Crippen LogP contribution is -2.48. The molecule has 1 unspecified atom stereocenters. The molecule has 1 amide bonds. The number of nitrogens with one attached hydrogen (secondary N) is 1. The van der Waals surface area contributed by atoms with Crippen LogP contribution in [0.25, 0.3) is 10.9 Å². The molecule has 196 valence electrons. The van der Waals surface area contributed by atoms with Gasteiger partial charge in [0.05, 0.1) is 23.0 Å². The molecule has 2 fully saturated rings. The molecule has 2 aromatic carbocycles. The van der Waals surface area contributed by atoms with Crippen molar-refractivity contribution in [1.82, 2.24) is 15.2 Å². The highest BCUT2D eigenvalue weighted by Gasteiger charge is 2.47. The topological polar surface area (TPSA) is 91.8 Å². The number of aromatic nitrogens is 1. The van der Waals surface area contributed by atoms with Crippen LogP contribution in [0.4, 0.5) is 5.69 Å². The van der Waals surface area contributed by atoms with Gasteiger partial charge in [-0.15, -0.1) is 0 Å². The van der Waals surface area contributed by atoms with Crippen LogP contribution in [0, 0.1) is 13.8 Å². The zero-order chi connectivity index (χ0) is 26.5. The third-order valence-electron chi connectivity index (χ3n) is 7.74. The Morgan fingerprint density at radius 2 is 1.95 bits per heavy atom. The Labute approximate surface area is 218 Å². The average Bonchev–Trinajstić information content (AvgIpc) is 3.62. The van der Waals surface area contributed by atoms with Crippen LogP contribution in [0.1, 0.15) is 46.4 Å². The maximum Gasteiger partial charge on any atom is 0.252 e. The number of amides is 1. The number of likely N-dealkylation sites (tertiary alicyclic amines) is 1. The van der Waals surface area contributed by atoms with Gasteiger partial charge in [0, 0.05) is 29.7 Å². The Morgan fingerprint density at radius 3 is 2.57 bits per heavy atom. The lowest BCUT2D eigenvalue weighted by atomic mass is 9.97. The summed E-state index contributed by atoms with van der Waals surface area (Å²) in [5.74, 6) is 0.513. The Morgan fingerprint density at radius 1 is 1.19 bits per heavy atom. The van der Waals surface area contributed by atoms with Gasteiger partial charge < -0.3 is 10.1 Å². The second-order valence-corrected chi connectivity index (χ2v) is 12.5. The van der Waals surface area contributed by atoms with Crippen molar-refractivity contribution in [1.29, 1.82) is 0 Å². The number of anilines is 1. The summed E-state index contributed by atoms with van der Waals surface area (Å²) < 4.78 is 31.9. The van der Waals surface area contributed by atoms with E-state index in [9.17, 15) is 13.2 Å². The summed E-state index contributed by atoms with van der Waals surface area (Å²) in [5.41, 5.74) is 3.81. The van der Waals surface area contributed by atoms with E-state index >= 15 is 0 Å². The highest BCUT2D eigenvalue weighted by Crippen LogP contribution is 2.49. The van der Waals surface area contributed by atoms with Crippen molar-refractivity contribution in [3.8, 4) is 5.75 Å². The summed E-state index contributed by atoms with van der Waals surface area (Å²) in [4.78, 5) is 20.5. The van der Waals surface area contributed by atoms with E-state index < -0.39 is 15.6 Å². The lowest BCUT2D eigenvalue weighted by molar-refractivity contribution is 0.0767. The minimum absolute atomic E-state index is 0.170. The van der Waals surface area contributed by atoms with E-state index in [0.29, 0.717) is 35.2 Å². The van der Waals surface area contributed by atoms with E-state index in [1.165, 1.54) is 17.6 Å². The van der Waals surface area contributed by atoms with Crippen molar-refractivity contribution in [2.45, 2.75) is 44.7 Å².